The van der Waals surface area contributed by atoms with Crippen molar-refractivity contribution in [1.29, 1.82) is 10.5 Å². The van der Waals surface area contributed by atoms with E-state index in [1.807, 2.05) is 30.3 Å². The van der Waals surface area contributed by atoms with Crippen LogP contribution in [-0.2, 0) is 21.2 Å². The summed E-state index contributed by atoms with van der Waals surface area (Å²) in [6.07, 6.45) is 0.433. The Morgan fingerprint density at radius 2 is 1.71 bits per heavy atom. The van der Waals surface area contributed by atoms with Crippen LogP contribution in [-0.4, -0.2) is 51.6 Å². The minimum absolute atomic E-state index is 0.0233. The predicted octanol–water partition coefficient (Wildman–Crippen LogP) is 4.23. The number of anilines is 1. The Balaban J connectivity index is 1.55. The number of nitriles is 2. The average Bonchev–Trinajstić information content (AvgIpc) is 3.56. The van der Waals surface area contributed by atoms with Crippen molar-refractivity contribution in [3.63, 3.8) is 0 Å². The van der Waals surface area contributed by atoms with Crippen LogP contribution in [0.2, 0.25) is 0 Å². The monoisotopic (exact) mass is 594 g/mol. The summed E-state index contributed by atoms with van der Waals surface area (Å²) in [5, 5.41) is 20.8. The van der Waals surface area contributed by atoms with Crippen molar-refractivity contribution in [3.05, 3.63) is 69.6 Å². The SMILES string of the molecule is COC(=O)c1c(NC(=O)c2ccc(S(=O)(=O)N(CCC#N)CCC#N)cc2)sc(Cc2ccc3c(c2)OCO3)c1C. The molecule has 11 nitrogen and oxygen atoms in total. The van der Waals surface area contributed by atoms with Crippen molar-refractivity contribution in [3.8, 4) is 23.6 Å². The number of sulfonamides is 1. The summed E-state index contributed by atoms with van der Waals surface area (Å²) in [6.45, 7) is 1.84. The lowest BCUT2D eigenvalue weighted by Gasteiger charge is -2.20. The Morgan fingerprint density at radius 3 is 2.34 bits per heavy atom. The van der Waals surface area contributed by atoms with Crippen molar-refractivity contribution in [2.24, 2.45) is 0 Å². The van der Waals surface area contributed by atoms with Crippen molar-refractivity contribution in [1.82, 2.24) is 4.31 Å². The van der Waals surface area contributed by atoms with Crippen LogP contribution in [0.15, 0.2) is 47.4 Å². The fourth-order valence-corrected chi connectivity index (χ4v) is 6.87. The Bertz CT molecular complexity index is 1630. The van der Waals surface area contributed by atoms with Gasteiger partial charge in [-0.25, -0.2) is 13.2 Å². The minimum atomic E-state index is -3.98. The number of hydrogen-bond acceptors (Lipinski definition) is 10. The van der Waals surface area contributed by atoms with Crippen LogP contribution in [0.3, 0.4) is 0 Å². The largest absolute Gasteiger partial charge is 0.465 e. The molecule has 1 amide bonds. The van der Waals surface area contributed by atoms with E-state index in [-0.39, 0.29) is 48.7 Å². The molecule has 0 atom stereocenters. The van der Waals surface area contributed by atoms with Gasteiger partial charge in [0.2, 0.25) is 16.8 Å². The molecule has 0 fully saturated rings. The number of rotatable bonds is 11. The van der Waals surface area contributed by atoms with Gasteiger partial charge in [0.25, 0.3) is 5.91 Å². The predicted molar refractivity (Wildman–Crippen MR) is 149 cm³/mol. The van der Waals surface area contributed by atoms with E-state index in [0.717, 1.165) is 14.7 Å². The van der Waals surface area contributed by atoms with Crippen molar-refractivity contribution < 1.29 is 32.2 Å². The third kappa shape index (κ3) is 6.49. The van der Waals surface area contributed by atoms with E-state index >= 15 is 0 Å². The number of methoxy groups -OCH3 is 1. The first kappa shape index (κ1) is 29.6. The van der Waals surface area contributed by atoms with Gasteiger partial charge in [-0.1, -0.05) is 6.07 Å². The van der Waals surface area contributed by atoms with E-state index in [4.69, 9.17) is 24.7 Å². The van der Waals surface area contributed by atoms with Gasteiger partial charge in [0.1, 0.15) is 5.00 Å². The smallest absolute Gasteiger partial charge is 0.341 e. The van der Waals surface area contributed by atoms with Crippen LogP contribution in [0.1, 0.15) is 49.6 Å². The zero-order valence-electron chi connectivity index (χ0n) is 22.3. The summed E-state index contributed by atoms with van der Waals surface area (Å²) in [6, 6.07) is 14.7. The summed E-state index contributed by atoms with van der Waals surface area (Å²) >= 11 is 1.25. The molecule has 212 valence electrons. The Kier molecular flexibility index (Phi) is 9.24. The molecule has 0 bridgehead atoms. The lowest BCUT2D eigenvalue weighted by Crippen LogP contribution is -2.32. The molecular formula is C28H26N4O7S2. The summed E-state index contributed by atoms with van der Waals surface area (Å²) in [7, 11) is -2.72. The van der Waals surface area contributed by atoms with Crippen molar-refractivity contribution in [2.75, 3.05) is 32.3 Å². The highest BCUT2D eigenvalue weighted by Crippen LogP contribution is 2.38. The van der Waals surface area contributed by atoms with Crippen LogP contribution >= 0.6 is 11.3 Å². The molecule has 4 rings (SSSR count). The number of nitrogens with zero attached hydrogens (tertiary/aromatic N) is 3. The fourth-order valence-electron chi connectivity index (χ4n) is 4.21. The molecule has 41 heavy (non-hydrogen) atoms. The van der Waals surface area contributed by atoms with E-state index in [1.54, 1.807) is 6.92 Å². The highest BCUT2D eigenvalue weighted by molar-refractivity contribution is 7.89. The number of esters is 1. The number of carbonyl (C=O) groups is 2. The van der Waals surface area contributed by atoms with Crippen molar-refractivity contribution in [2.45, 2.75) is 31.1 Å². The number of thiophene rings is 1. The molecule has 0 saturated carbocycles. The summed E-state index contributed by atoms with van der Waals surface area (Å²) < 4.78 is 43.0. The van der Waals surface area contributed by atoms with Gasteiger partial charge in [0.05, 0.1) is 29.7 Å². The fraction of sp³-hybridized carbons (Fsp3) is 0.286. The standard InChI is InChI=1S/C28H26N4O7S2/c1-18-24(16-19-5-10-22-23(15-19)39-17-38-22)40-27(25(18)28(34)37-2)31-26(33)20-6-8-21(9-7-20)41(35,36)32(13-3-11-29)14-4-12-30/h5-10,15H,3-4,13-14,16-17H2,1-2H3,(H,31,33). The molecule has 2 aromatic carbocycles. The van der Waals surface area contributed by atoms with Crippen LogP contribution in [0.5, 0.6) is 11.5 Å². The molecule has 1 N–H and O–H groups in total. The Hall–Kier alpha value is -4.43. The van der Waals surface area contributed by atoms with E-state index < -0.39 is 21.9 Å². The molecule has 1 aliphatic rings. The molecule has 0 radical (unpaired) electrons. The summed E-state index contributed by atoms with van der Waals surface area (Å²) in [4.78, 5) is 26.6. The van der Waals surface area contributed by atoms with Gasteiger partial charge >= 0.3 is 5.97 Å². The zero-order valence-corrected chi connectivity index (χ0v) is 23.9. The highest BCUT2D eigenvalue weighted by atomic mass is 32.2. The van der Waals surface area contributed by atoms with Gasteiger partial charge in [-0.2, -0.15) is 14.8 Å². The quantitative estimate of drug-likeness (QED) is 0.321. The van der Waals surface area contributed by atoms with Gasteiger partial charge in [-0.3, -0.25) is 4.79 Å². The Labute approximate surface area is 241 Å². The lowest BCUT2D eigenvalue weighted by molar-refractivity contribution is 0.0601. The van der Waals surface area contributed by atoms with Gasteiger partial charge in [-0.15, -0.1) is 11.3 Å². The van der Waals surface area contributed by atoms with Crippen LogP contribution in [0.25, 0.3) is 0 Å². The lowest BCUT2D eigenvalue weighted by atomic mass is 10.1. The minimum Gasteiger partial charge on any atom is -0.465 e. The molecule has 2 heterocycles. The molecule has 0 saturated heterocycles. The second-order valence-electron chi connectivity index (χ2n) is 8.91. The van der Waals surface area contributed by atoms with E-state index in [2.05, 4.69) is 5.32 Å². The third-order valence-corrected chi connectivity index (χ3v) is 9.48. The molecule has 0 aliphatic carbocycles. The molecule has 13 heteroatoms. The van der Waals surface area contributed by atoms with Gasteiger partial charge in [0, 0.05) is 42.8 Å². The zero-order chi connectivity index (χ0) is 29.6. The number of hydrogen-bond donors (Lipinski definition) is 1. The second kappa shape index (κ2) is 12.8. The first-order chi connectivity index (χ1) is 19.7. The maximum atomic E-state index is 13.1. The van der Waals surface area contributed by atoms with E-state index in [0.29, 0.717) is 28.5 Å². The topological polar surface area (TPSA) is 159 Å². The maximum absolute atomic E-state index is 13.1. The third-order valence-electron chi connectivity index (χ3n) is 6.36. The van der Waals surface area contributed by atoms with Crippen LogP contribution < -0.4 is 14.8 Å². The molecular weight excluding hydrogens is 568 g/mol. The summed E-state index contributed by atoms with van der Waals surface area (Å²) in [5.41, 5.74) is 2.02. The molecule has 3 aromatic rings. The normalized spacial score (nSPS) is 12.0. The summed E-state index contributed by atoms with van der Waals surface area (Å²) in [5.74, 6) is 0.168. The van der Waals surface area contributed by atoms with Gasteiger partial charge < -0.3 is 19.5 Å². The van der Waals surface area contributed by atoms with Crippen LogP contribution in [0, 0.1) is 29.6 Å². The molecule has 0 spiro atoms. The highest BCUT2D eigenvalue weighted by Gasteiger charge is 2.26. The van der Waals surface area contributed by atoms with E-state index in [1.165, 1.54) is 42.7 Å². The number of nitrogens with one attached hydrogen (secondary N) is 1. The molecule has 0 unspecified atom stereocenters. The van der Waals surface area contributed by atoms with Crippen LogP contribution in [0.4, 0.5) is 5.00 Å². The molecule has 1 aromatic heterocycles. The Morgan fingerprint density at radius 1 is 1.05 bits per heavy atom. The maximum Gasteiger partial charge on any atom is 0.341 e. The first-order valence-corrected chi connectivity index (χ1v) is 14.7. The number of benzene rings is 2. The van der Waals surface area contributed by atoms with Gasteiger partial charge in [-0.05, 0) is 54.4 Å². The van der Waals surface area contributed by atoms with Gasteiger partial charge in [0.15, 0.2) is 11.5 Å². The number of carbonyl (C=O) groups excluding carboxylic acids is 2. The average molecular weight is 595 g/mol. The van der Waals surface area contributed by atoms with E-state index in [9.17, 15) is 18.0 Å². The molecule has 1 aliphatic heterocycles. The first-order valence-electron chi connectivity index (χ1n) is 12.4. The number of amides is 1. The number of fused-ring (bicyclic) bond motifs is 1. The van der Waals surface area contributed by atoms with Crippen molar-refractivity contribution >= 4 is 38.2 Å². The second-order valence-corrected chi connectivity index (χ2v) is 12.0. The number of ether oxygens (including phenoxy) is 3.